The third-order valence-corrected chi connectivity index (χ3v) is 4.63. The Morgan fingerprint density at radius 1 is 1.31 bits per heavy atom. The highest BCUT2D eigenvalue weighted by Crippen LogP contribution is 2.22. The monoisotopic (exact) mass is 243 g/mol. The average molecular weight is 243 g/mol. The van der Waals surface area contributed by atoms with Gasteiger partial charge < -0.3 is 0 Å². The molecule has 0 bridgehead atoms. The van der Waals surface area contributed by atoms with Crippen molar-refractivity contribution in [3.63, 3.8) is 0 Å². The molecule has 1 aliphatic rings. The van der Waals surface area contributed by atoms with Gasteiger partial charge in [0, 0.05) is 13.1 Å². The van der Waals surface area contributed by atoms with Gasteiger partial charge in [0.15, 0.2) is 0 Å². The van der Waals surface area contributed by atoms with E-state index in [-0.39, 0.29) is 18.0 Å². The minimum atomic E-state index is -3.50. The number of halogens is 1. The van der Waals surface area contributed by atoms with E-state index in [1.54, 1.807) is 24.3 Å². The first kappa shape index (κ1) is 11.5. The van der Waals surface area contributed by atoms with E-state index in [4.69, 9.17) is 0 Å². The van der Waals surface area contributed by atoms with Crippen molar-refractivity contribution in [2.24, 2.45) is 0 Å². The zero-order valence-corrected chi connectivity index (χ0v) is 9.87. The van der Waals surface area contributed by atoms with Crippen LogP contribution in [0.25, 0.3) is 0 Å². The van der Waals surface area contributed by atoms with Gasteiger partial charge in [-0.05, 0) is 25.5 Å². The van der Waals surface area contributed by atoms with Crippen LogP contribution in [0.2, 0.25) is 0 Å². The molecule has 1 saturated heterocycles. The zero-order valence-electron chi connectivity index (χ0n) is 9.06. The molecule has 0 N–H and O–H groups in total. The number of hydrogen-bond acceptors (Lipinski definition) is 2. The van der Waals surface area contributed by atoms with Crippen molar-refractivity contribution >= 4 is 10.0 Å². The molecule has 0 aliphatic carbocycles. The molecule has 0 spiro atoms. The minimum Gasteiger partial charge on any atom is -0.246 e. The molecule has 0 amide bonds. The summed E-state index contributed by atoms with van der Waals surface area (Å²) in [6, 6.07) is 6.62. The second-order valence-corrected chi connectivity index (χ2v) is 6.00. The lowest BCUT2D eigenvalue weighted by atomic mass is 10.2. The number of nitrogens with zero attached hydrogens (tertiary/aromatic N) is 1. The van der Waals surface area contributed by atoms with Crippen molar-refractivity contribution in [3.05, 3.63) is 29.8 Å². The van der Waals surface area contributed by atoms with Gasteiger partial charge in [0.2, 0.25) is 10.0 Å². The fraction of sp³-hybridized carbons (Fsp3) is 0.455. The van der Waals surface area contributed by atoms with Crippen LogP contribution in [-0.4, -0.2) is 32.0 Å². The predicted octanol–water partition coefficient (Wildman–Crippen LogP) is 1.73. The van der Waals surface area contributed by atoms with Gasteiger partial charge >= 0.3 is 0 Å². The van der Waals surface area contributed by atoms with Crippen LogP contribution in [0.1, 0.15) is 12.0 Å². The topological polar surface area (TPSA) is 37.4 Å². The maximum absolute atomic E-state index is 13.0. The SMILES string of the molecule is Cc1ccc(S(=O)(=O)N2CC[C@@H](F)C2)cc1. The molecular weight excluding hydrogens is 229 g/mol. The molecule has 3 nitrogen and oxygen atoms in total. The van der Waals surface area contributed by atoms with Gasteiger partial charge in [-0.3, -0.25) is 0 Å². The molecule has 1 aromatic carbocycles. The quantitative estimate of drug-likeness (QED) is 0.793. The van der Waals surface area contributed by atoms with Crippen molar-refractivity contribution < 1.29 is 12.8 Å². The lowest BCUT2D eigenvalue weighted by molar-refractivity contribution is 0.343. The van der Waals surface area contributed by atoms with Crippen molar-refractivity contribution in [2.75, 3.05) is 13.1 Å². The van der Waals surface area contributed by atoms with Crippen molar-refractivity contribution in [1.29, 1.82) is 0 Å². The maximum Gasteiger partial charge on any atom is 0.243 e. The van der Waals surface area contributed by atoms with E-state index in [0.717, 1.165) is 5.56 Å². The van der Waals surface area contributed by atoms with Gasteiger partial charge in [-0.2, -0.15) is 4.31 Å². The molecule has 1 heterocycles. The Hall–Kier alpha value is -0.940. The number of alkyl halides is 1. The van der Waals surface area contributed by atoms with Gasteiger partial charge in [-0.25, -0.2) is 12.8 Å². The zero-order chi connectivity index (χ0) is 11.8. The van der Waals surface area contributed by atoms with Crippen LogP contribution in [0.5, 0.6) is 0 Å². The fourth-order valence-corrected chi connectivity index (χ4v) is 3.25. The summed E-state index contributed by atoms with van der Waals surface area (Å²) >= 11 is 0. The molecule has 0 unspecified atom stereocenters. The summed E-state index contributed by atoms with van der Waals surface area (Å²) < 4.78 is 38.3. The number of rotatable bonds is 2. The Morgan fingerprint density at radius 2 is 1.94 bits per heavy atom. The molecule has 1 fully saturated rings. The first-order chi connectivity index (χ1) is 7.50. The van der Waals surface area contributed by atoms with Crippen molar-refractivity contribution in [2.45, 2.75) is 24.4 Å². The Balaban J connectivity index is 2.29. The Labute approximate surface area is 94.9 Å². The lowest BCUT2D eigenvalue weighted by Gasteiger charge is -2.15. The van der Waals surface area contributed by atoms with Gasteiger partial charge in [0.25, 0.3) is 0 Å². The van der Waals surface area contributed by atoms with E-state index in [1.165, 1.54) is 4.31 Å². The summed E-state index contributed by atoms with van der Waals surface area (Å²) in [4.78, 5) is 0.243. The number of aryl methyl sites for hydroxylation is 1. The predicted molar refractivity (Wildman–Crippen MR) is 59.5 cm³/mol. The van der Waals surface area contributed by atoms with Crippen molar-refractivity contribution in [1.82, 2.24) is 4.31 Å². The molecule has 88 valence electrons. The Morgan fingerprint density at radius 3 is 2.44 bits per heavy atom. The van der Waals surface area contributed by atoms with Crippen LogP contribution in [-0.2, 0) is 10.0 Å². The van der Waals surface area contributed by atoms with Gasteiger partial charge in [0.05, 0.1) is 4.90 Å². The summed E-state index contributed by atoms with van der Waals surface area (Å²) in [5, 5.41) is 0. The molecular formula is C11H14FNO2S. The number of hydrogen-bond donors (Lipinski definition) is 0. The number of sulfonamides is 1. The van der Waals surface area contributed by atoms with Gasteiger partial charge in [-0.15, -0.1) is 0 Å². The first-order valence-electron chi connectivity index (χ1n) is 5.21. The molecule has 1 aromatic rings. The van der Waals surface area contributed by atoms with Gasteiger partial charge in [0.1, 0.15) is 6.17 Å². The molecule has 16 heavy (non-hydrogen) atoms. The minimum absolute atomic E-state index is 0.0176. The van der Waals surface area contributed by atoms with Crippen LogP contribution in [0.4, 0.5) is 4.39 Å². The smallest absolute Gasteiger partial charge is 0.243 e. The van der Waals surface area contributed by atoms with Crippen LogP contribution in [0, 0.1) is 6.92 Å². The maximum atomic E-state index is 13.0. The molecule has 0 aromatic heterocycles. The van der Waals surface area contributed by atoms with E-state index < -0.39 is 16.2 Å². The van der Waals surface area contributed by atoms with E-state index in [0.29, 0.717) is 6.42 Å². The molecule has 0 saturated carbocycles. The van der Waals surface area contributed by atoms with Crippen LogP contribution < -0.4 is 0 Å². The normalized spacial score (nSPS) is 22.5. The summed E-state index contributed by atoms with van der Waals surface area (Å²) in [6.07, 6.45) is -0.731. The summed E-state index contributed by atoms with van der Waals surface area (Å²) in [7, 11) is -3.50. The molecule has 5 heteroatoms. The van der Waals surface area contributed by atoms with Crippen LogP contribution >= 0.6 is 0 Å². The molecule has 0 radical (unpaired) electrons. The third-order valence-electron chi connectivity index (χ3n) is 2.75. The fourth-order valence-electron chi connectivity index (χ4n) is 1.77. The van der Waals surface area contributed by atoms with E-state index >= 15 is 0 Å². The highest BCUT2D eigenvalue weighted by Gasteiger charge is 2.32. The lowest BCUT2D eigenvalue weighted by Crippen LogP contribution is -2.29. The number of benzene rings is 1. The molecule has 2 rings (SSSR count). The van der Waals surface area contributed by atoms with Crippen LogP contribution in [0.15, 0.2) is 29.2 Å². The second kappa shape index (κ2) is 4.14. The average Bonchev–Trinajstić information content (AvgIpc) is 2.66. The highest BCUT2D eigenvalue weighted by molar-refractivity contribution is 7.89. The summed E-state index contributed by atoms with van der Waals surface area (Å²) in [5.41, 5.74) is 1.00. The second-order valence-electron chi connectivity index (χ2n) is 4.06. The summed E-state index contributed by atoms with van der Waals surface area (Å²) in [5.74, 6) is 0. The molecule has 1 aliphatic heterocycles. The first-order valence-corrected chi connectivity index (χ1v) is 6.65. The highest BCUT2D eigenvalue weighted by atomic mass is 32.2. The van der Waals surface area contributed by atoms with Crippen LogP contribution in [0.3, 0.4) is 0 Å². The van der Waals surface area contributed by atoms with E-state index in [1.807, 2.05) is 6.92 Å². The Kier molecular flexibility index (Phi) is 2.99. The largest absolute Gasteiger partial charge is 0.246 e. The van der Waals surface area contributed by atoms with Crippen molar-refractivity contribution in [3.8, 4) is 0 Å². The van der Waals surface area contributed by atoms with E-state index in [9.17, 15) is 12.8 Å². The van der Waals surface area contributed by atoms with Gasteiger partial charge in [-0.1, -0.05) is 17.7 Å². The third kappa shape index (κ3) is 2.10. The summed E-state index contributed by atoms with van der Waals surface area (Å²) in [6.45, 7) is 2.15. The Bertz CT molecular complexity index is 469. The standard InChI is InChI=1S/C11H14FNO2S/c1-9-2-4-11(5-3-9)16(14,15)13-7-6-10(12)8-13/h2-5,10H,6-8H2,1H3/t10-/m1/s1. The molecule has 1 atom stereocenters. The van der Waals surface area contributed by atoms with E-state index in [2.05, 4.69) is 0 Å².